The van der Waals surface area contributed by atoms with Gasteiger partial charge in [-0.25, -0.2) is 0 Å². The van der Waals surface area contributed by atoms with E-state index in [0.717, 1.165) is 11.3 Å². The van der Waals surface area contributed by atoms with Crippen LogP contribution in [0.3, 0.4) is 0 Å². The molecule has 6 heteroatoms. The summed E-state index contributed by atoms with van der Waals surface area (Å²) in [5, 5.41) is 22.7. The Bertz CT molecular complexity index is 555. The molecular weight excluding hydrogens is 243 g/mol. The lowest BCUT2D eigenvalue weighted by molar-refractivity contribution is 0.318. The van der Waals surface area contributed by atoms with E-state index in [4.69, 9.17) is 4.74 Å². The first-order valence-corrected chi connectivity index (χ1v) is 6.14. The smallest absolute Gasteiger partial charge is 0.492 e. The fraction of sp³-hybridized carbons (Fsp3) is 0.308. The number of aryl methyl sites for hydroxylation is 2. The molecule has 100 valence electrons. The fourth-order valence-electron chi connectivity index (χ4n) is 1.91. The minimum absolute atomic E-state index is 0.394. The predicted octanol–water partition coefficient (Wildman–Crippen LogP) is 0.0298. The van der Waals surface area contributed by atoms with Crippen LogP contribution in [0.15, 0.2) is 30.5 Å². The van der Waals surface area contributed by atoms with Crippen molar-refractivity contribution in [1.82, 2.24) is 9.78 Å². The van der Waals surface area contributed by atoms with E-state index in [9.17, 15) is 10.0 Å². The van der Waals surface area contributed by atoms with Gasteiger partial charge < -0.3 is 14.8 Å². The van der Waals surface area contributed by atoms with Crippen molar-refractivity contribution in [2.45, 2.75) is 13.3 Å². The summed E-state index contributed by atoms with van der Waals surface area (Å²) >= 11 is 0. The molecule has 2 aromatic rings. The van der Waals surface area contributed by atoms with Crippen molar-refractivity contribution in [3.05, 3.63) is 41.7 Å². The zero-order valence-corrected chi connectivity index (χ0v) is 11.1. The summed E-state index contributed by atoms with van der Waals surface area (Å²) in [4.78, 5) is 0. The molecule has 1 aromatic heterocycles. The zero-order chi connectivity index (χ0) is 13.8. The highest BCUT2D eigenvalue weighted by Crippen LogP contribution is 2.10. The molecule has 0 spiro atoms. The van der Waals surface area contributed by atoms with E-state index in [-0.39, 0.29) is 0 Å². The van der Waals surface area contributed by atoms with Crippen LogP contribution in [0.2, 0.25) is 0 Å². The lowest BCUT2D eigenvalue weighted by atomic mass is 9.79. The van der Waals surface area contributed by atoms with Crippen molar-refractivity contribution in [3.8, 4) is 5.75 Å². The monoisotopic (exact) mass is 260 g/mol. The fourth-order valence-corrected chi connectivity index (χ4v) is 1.91. The van der Waals surface area contributed by atoms with Gasteiger partial charge in [0.15, 0.2) is 0 Å². The van der Waals surface area contributed by atoms with Crippen LogP contribution < -0.4 is 10.2 Å². The molecule has 0 amide bonds. The Balaban J connectivity index is 2.01. The van der Waals surface area contributed by atoms with E-state index < -0.39 is 7.12 Å². The average molecular weight is 260 g/mol. The molecule has 2 rings (SSSR count). The van der Waals surface area contributed by atoms with Gasteiger partial charge in [0.25, 0.3) is 0 Å². The number of nitrogens with zero attached hydrogens (tertiary/aromatic N) is 2. The van der Waals surface area contributed by atoms with Crippen molar-refractivity contribution in [2.24, 2.45) is 7.05 Å². The van der Waals surface area contributed by atoms with Crippen molar-refractivity contribution >= 4 is 12.6 Å². The van der Waals surface area contributed by atoms with Crippen LogP contribution in [0.5, 0.6) is 5.75 Å². The third-order valence-electron chi connectivity index (χ3n) is 2.98. The van der Waals surface area contributed by atoms with Crippen LogP contribution in [0.1, 0.15) is 11.3 Å². The molecule has 0 bridgehead atoms. The second-order valence-corrected chi connectivity index (χ2v) is 4.46. The van der Waals surface area contributed by atoms with Crippen LogP contribution in [0, 0.1) is 6.92 Å². The number of benzene rings is 1. The number of hydrogen-bond acceptors (Lipinski definition) is 4. The Labute approximate surface area is 112 Å². The van der Waals surface area contributed by atoms with E-state index in [0.29, 0.717) is 24.2 Å². The number of ether oxygens (including phenoxy) is 1. The molecule has 0 saturated heterocycles. The lowest BCUT2D eigenvalue weighted by Gasteiger charge is -2.12. The second-order valence-electron chi connectivity index (χ2n) is 4.46. The quantitative estimate of drug-likeness (QED) is 0.744. The minimum Gasteiger partial charge on any atom is -0.494 e. The molecule has 0 fully saturated rings. The summed E-state index contributed by atoms with van der Waals surface area (Å²) in [6.45, 7) is 2.35. The maximum atomic E-state index is 9.32. The zero-order valence-electron chi connectivity index (χ0n) is 11.1. The lowest BCUT2D eigenvalue weighted by Crippen LogP contribution is -2.32. The van der Waals surface area contributed by atoms with Crippen molar-refractivity contribution in [3.63, 3.8) is 0 Å². The first-order valence-electron chi connectivity index (χ1n) is 6.14. The maximum absolute atomic E-state index is 9.32. The summed E-state index contributed by atoms with van der Waals surface area (Å²) in [6, 6.07) is 7.28. The molecule has 1 heterocycles. The average Bonchev–Trinajstić information content (AvgIpc) is 2.77. The molecular formula is C13H17BN2O3. The van der Waals surface area contributed by atoms with Crippen LogP contribution in [0.25, 0.3) is 0 Å². The van der Waals surface area contributed by atoms with Gasteiger partial charge >= 0.3 is 7.12 Å². The molecule has 0 saturated carbocycles. The van der Waals surface area contributed by atoms with Gasteiger partial charge in [0.1, 0.15) is 5.75 Å². The van der Waals surface area contributed by atoms with Crippen LogP contribution in [0.4, 0.5) is 0 Å². The van der Waals surface area contributed by atoms with Gasteiger partial charge in [-0.1, -0.05) is 17.7 Å². The highest BCUT2D eigenvalue weighted by molar-refractivity contribution is 6.59. The van der Waals surface area contributed by atoms with E-state index >= 15 is 0 Å². The summed E-state index contributed by atoms with van der Waals surface area (Å²) in [6.07, 6.45) is 2.45. The summed E-state index contributed by atoms with van der Waals surface area (Å²) in [7, 11) is 0.357. The molecule has 1 aromatic carbocycles. The first kappa shape index (κ1) is 13.6. The summed E-state index contributed by atoms with van der Waals surface area (Å²) < 4.78 is 7.41. The Morgan fingerprint density at radius 1 is 1.32 bits per heavy atom. The number of aromatic nitrogens is 2. The third-order valence-corrected chi connectivity index (χ3v) is 2.98. The highest BCUT2D eigenvalue weighted by Gasteiger charge is 2.17. The summed E-state index contributed by atoms with van der Waals surface area (Å²) in [5.74, 6) is 0.503. The molecule has 0 atom stereocenters. The molecule has 0 radical (unpaired) electrons. The van der Waals surface area contributed by atoms with Gasteiger partial charge in [0, 0.05) is 30.8 Å². The van der Waals surface area contributed by atoms with E-state index in [1.54, 1.807) is 23.0 Å². The minimum atomic E-state index is -1.52. The molecule has 0 aliphatic heterocycles. The third kappa shape index (κ3) is 3.36. The van der Waals surface area contributed by atoms with E-state index in [1.807, 2.05) is 26.1 Å². The van der Waals surface area contributed by atoms with Crippen LogP contribution in [-0.4, -0.2) is 33.6 Å². The van der Waals surface area contributed by atoms with Gasteiger partial charge in [-0.05, 0) is 19.1 Å². The Morgan fingerprint density at radius 3 is 2.74 bits per heavy atom. The predicted molar refractivity (Wildman–Crippen MR) is 73.4 cm³/mol. The van der Waals surface area contributed by atoms with Gasteiger partial charge in [-0.15, -0.1) is 0 Å². The highest BCUT2D eigenvalue weighted by atomic mass is 16.5. The van der Waals surface area contributed by atoms with Gasteiger partial charge in [-0.3, -0.25) is 4.68 Å². The van der Waals surface area contributed by atoms with Crippen LogP contribution >= 0.6 is 0 Å². The molecule has 0 aliphatic carbocycles. The van der Waals surface area contributed by atoms with E-state index in [2.05, 4.69) is 5.10 Å². The Morgan fingerprint density at radius 2 is 2.11 bits per heavy atom. The van der Waals surface area contributed by atoms with E-state index in [1.165, 1.54) is 0 Å². The standard InChI is InChI=1S/C13H17BN2O3/c1-10-3-4-13(12(9-10)14(17)18)19-8-6-11-5-7-15-16(11)2/h3-5,7,9,17-18H,6,8H2,1-2H3. The topological polar surface area (TPSA) is 67.5 Å². The van der Waals surface area contributed by atoms with Gasteiger partial charge in [-0.2, -0.15) is 5.10 Å². The maximum Gasteiger partial charge on any atom is 0.492 e. The number of hydrogen-bond donors (Lipinski definition) is 2. The normalized spacial score (nSPS) is 10.5. The molecule has 2 N–H and O–H groups in total. The molecule has 5 nitrogen and oxygen atoms in total. The number of rotatable bonds is 5. The van der Waals surface area contributed by atoms with Gasteiger partial charge in [0.2, 0.25) is 0 Å². The SMILES string of the molecule is Cc1ccc(OCCc2ccnn2C)c(B(O)O)c1. The van der Waals surface area contributed by atoms with Crippen molar-refractivity contribution in [1.29, 1.82) is 0 Å². The summed E-state index contributed by atoms with van der Waals surface area (Å²) in [5.41, 5.74) is 2.42. The second kappa shape index (κ2) is 5.90. The first-order chi connectivity index (χ1) is 9.08. The van der Waals surface area contributed by atoms with Crippen LogP contribution in [-0.2, 0) is 13.5 Å². The molecule has 0 unspecified atom stereocenters. The molecule has 19 heavy (non-hydrogen) atoms. The molecule has 0 aliphatic rings. The largest absolute Gasteiger partial charge is 0.494 e. The van der Waals surface area contributed by atoms with Crippen molar-refractivity contribution in [2.75, 3.05) is 6.61 Å². The Kier molecular flexibility index (Phi) is 4.24. The van der Waals surface area contributed by atoms with Crippen molar-refractivity contribution < 1.29 is 14.8 Å². The Hall–Kier alpha value is -1.79. The van der Waals surface area contributed by atoms with Gasteiger partial charge in [0.05, 0.1) is 6.61 Å².